The number of nitrogens with two attached hydrogens (primary N) is 1. The van der Waals surface area contributed by atoms with Crippen LogP contribution in [0, 0.1) is 0 Å². The molecule has 3 N–H and O–H groups in total. The first kappa shape index (κ1) is 18.0. The number of nitrogen functional groups attached to an aromatic ring is 1. The smallest absolute Gasteiger partial charge is 0.230 e. The van der Waals surface area contributed by atoms with Gasteiger partial charge in [0.2, 0.25) is 17.8 Å². The van der Waals surface area contributed by atoms with E-state index in [1.807, 2.05) is 51.4 Å². The normalized spacial score (nSPS) is 11.8. The highest BCUT2D eigenvalue weighted by atomic mass is 32.2. The minimum atomic E-state index is -0.0220. The molecular formula is C16H22N6OS. The number of amides is 1. The summed E-state index contributed by atoms with van der Waals surface area (Å²) in [5.74, 6) is 2.08. The Balaban J connectivity index is 1.82. The molecular weight excluding hydrogens is 324 g/mol. The number of aromatic nitrogens is 3. The van der Waals surface area contributed by atoms with Gasteiger partial charge >= 0.3 is 0 Å². The van der Waals surface area contributed by atoms with Crippen molar-refractivity contribution < 1.29 is 4.79 Å². The lowest BCUT2D eigenvalue weighted by Crippen LogP contribution is -2.28. The summed E-state index contributed by atoms with van der Waals surface area (Å²) in [6.07, 6.45) is 0. The van der Waals surface area contributed by atoms with Crippen LogP contribution >= 0.6 is 11.8 Å². The molecule has 1 unspecified atom stereocenters. The number of rotatable bonds is 7. The zero-order valence-corrected chi connectivity index (χ0v) is 14.9. The first-order valence-electron chi connectivity index (χ1n) is 7.55. The van der Waals surface area contributed by atoms with E-state index in [2.05, 4.69) is 20.3 Å². The Hall–Kier alpha value is -2.35. The van der Waals surface area contributed by atoms with Crippen molar-refractivity contribution in [1.29, 1.82) is 0 Å². The van der Waals surface area contributed by atoms with Crippen LogP contribution in [0.5, 0.6) is 0 Å². The first-order chi connectivity index (χ1) is 11.5. The zero-order valence-electron chi connectivity index (χ0n) is 14.1. The van der Waals surface area contributed by atoms with E-state index in [1.54, 1.807) is 4.90 Å². The van der Waals surface area contributed by atoms with E-state index in [9.17, 15) is 4.79 Å². The van der Waals surface area contributed by atoms with Crippen LogP contribution in [0.1, 0.15) is 24.4 Å². The van der Waals surface area contributed by atoms with E-state index >= 15 is 0 Å². The standard InChI is InChI=1S/C16H22N6OS/c1-11(12-7-5-4-6-8-12)18-14(23)10-24-9-13-19-15(17)21-16(20-13)22(2)3/h4-8,11H,9-10H2,1-3H3,(H,18,23)(H2,17,19,20,21). The molecule has 1 aromatic carbocycles. The van der Waals surface area contributed by atoms with Crippen LogP contribution in [0.3, 0.4) is 0 Å². The maximum Gasteiger partial charge on any atom is 0.230 e. The van der Waals surface area contributed by atoms with Gasteiger partial charge in [-0.15, -0.1) is 11.8 Å². The molecule has 24 heavy (non-hydrogen) atoms. The number of nitrogens with one attached hydrogen (secondary N) is 1. The monoisotopic (exact) mass is 346 g/mol. The van der Waals surface area contributed by atoms with Crippen LogP contribution in [-0.4, -0.2) is 40.7 Å². The number of carbonyl (C=O) groups excluding carboxylic acids is 1. The lowest BCUT2D eigenvalue weighted by molar-refractivity contribution is -0.119. The van der Waals surface area contributed by atoms with Gasteiger partial charge in [-0.1, -0.05) is 30.3 Å². The third kappa shape index (κ3) is 5.38. The van der Waals surface area contributed by atoms with Gasteiger partial charge < -0.3 is 16.0 Å². The summed E-state index contributed by atoms with van der Waals surface area (Å²) in [6.45, 7) is 1.97. The minimum Gasteiger partial charge on any atom is -0.368 e. The topological polar surface area (TPSA) is 97.0 Å². The molecule has 1 heterocycles. The molecule has 0 aliphatic heterocycles. The molecule has 128 valence electrons. The molecule has 0 saturated carbocycles. The Morgan fingerprint density at radius 2 is 1.96 bits per heavy atom. The van der Waals surface area contributed by atoms with Gasteiger partial charge in [-0.2, -0.15) is 15.0 Å². The number of benzene rings is 1. The quantitative estimate of drug-likeness (QED) is 0.786. The third-order valence-corrected chi connectivity index (χ3v) is 4.16. The molecule has 0 saturated heterocycles. The Bertz CT molecular complexity index is 680. The molecule has 0 radical (unpaired) electrons. The Morgan fingerprint density at radius 3 is 2.62 bits per heavy atom. The third-order valence-electron chi connectivity index (χ3n) is 3.23. The predicted octanol–water partition coefficient (Wildman–Crippen LogP) is 1.63. The van der Waals surface area contributed by atoms with Crippen molar-refractivity contribution in [3.63, 3.8) is 0 Å². The molecule has 2 rings (SSSR count). The largest absolute Gasteiger partial charge is 0.368 e. The fraction of sp³-hybridized carbons (Fsp3) is 0.375. The maximum absolute atomic E-state index is 12.0. The molecule has 7 nitrogen and oxygen atoms in total. The predicted molar refractivity (Wildman–Crippen MR) is 97.7 cm³/mol. The van der Waals surface area contributed by atoms with Gasteiger partial charge in [0, 0.05) is 14.1 Å². The lowest BCUT2D eigenvalue weighted by Gasteiger charge is -2.14. The molecule has 0 aliphatic carbocycles. The molecule has 1 amide bonds. The van der Waals surface area contributed by atoms with E-state index in [1.165, 1.54) is 11.8 Å². The van der Waals surface area contributed by atoms with Crippen LogP contribution in [0.25, 0.3) is 0 Å². The zero-order chi connectivity index (χ0) is 17.5. The van der Waals surface area contributed by atoms with E-state index < -0.39 is 0 Å². The summed E-state index contributed by atoms with van der Waals surface area (Å²) in [7, 11) is 3.67. The van der Waals surface area contributed by atoms with Crippen LogP contribution in [0.4, 0.5) is 11.9 Å². The van der Waals surface area contributed by atoms with Crippen LogP contribution < -0.4 is 16.0 Å². The van der Waals surface area contributed by atoms with E-state index in [-0.39, 0.29) is 17.9 Å². The average Bonchev–Trinajstić information content (AvgIpc) is 2.55. The molecule has 1 aromatic heterocycles. The van der Waals surface area contributed by atoms with E-state index in [0.29, 0.717) is 23.3 Å². The van der Waals surface area contributed by atoms with Crippen molar-refractivity contribution in [2.45, 2.75) is 18.7 Å². The second-order valence-corrected chi connectivity index (χ2v) is 6.48. The summed E-state index contributed by atoms with van der Waals surface area (Å²) in [5.41, 5.74) is 6.76. The highest BCUT2D eigenvalue weighted by molar-refractivity contribution is 7.99. The first-order valence-corrected chi connectivity index (χ1v) is 8.71. The molecule has 0 spiro atoms. The molecule has 2 aromatic rings. The Labute approximate surface area is 146 Å². The van der Waals surface area contributed by atoms with Gasteiger partial charge in [0.1, 0.15) is 5.82 Å². The van der Waals surface area contributed by atoms with E-state index in [4.69, 9.17) is 5.73 Å². The summed E-state index contributed by atoms with van der Waals surface area (Å²) in [5, 5.41) is 2.98. The number of hydrogen-bond acceptors (Lipinski definition) is 7. The molecule has 8 heteroatoms. The lowest BCUT2D eigenvalue weighted by atomic mass is 10.1. The van der Waals surface area contributed by atoms with Crippen molar-refractivity contribution in [3.8, 4) is 0 Å². The summed E-state index contributed by atoms with van der Waals surface area (Å²) in [6, 6.07) is 9.84. The number of nitrogens with zero attached hydrogens (tertiary/aromatic N) is 4. The highest BCUT2D eigenvalue weighted by Crippen LogP contribution is 2.14. The SMILES string of the molecule is CC(NC(=O)CSCc1nc(N)nc(N(C)C)n1)c1ccccc1. The summed E-state index contributed by atoms with van der Waals surface area (Å²) in [4.78, 5) is 26.3. The second kappa shape index (κ2) is 8.49. The van der Waals surface area contributed by atoms with Crippen molar-refractivity contribution in [1.82, 2.24) is 20.3 Å². The molecule has 1 atom stereocenters. The number of thioether (sulfide) groups is 1. The van der Waals surface area contributed by atoms with Gasteiger partial charge in [-0.3, -0.25) is 4.79 Å². The van der Waals surface area contributed by atoms with Crippen LogP contribution in [-0.2, 0) is 10.5 Å². The summed E-state index contributed by atoms with van der Waals surface area (Å²) >= 11 is 1.44. The second-order valence-electron chi connectivity index (χ2n) is 5.50. The van der Waals surface area contributed by atoms with E-state index in [0.717, 1.165) is 5.56 Å². The van der Waals surface area contributed by atoms with Gasteiger partial charge in [-0.05, 0) is 12.5 Å². The van der Waals surface area contributed by atoms with Crippen molar-refractivity contribution in [2.24, 2.45) is 0 Å². The number of anilines is 2. The molecule has 0 fully saturated rings. The van der Waals surface area contributed by atoms with Crippen molar-refractivity contribution in [2.75, 3.05) is 30.5 Å². The number of carbonyl (C=O) groups is 1. The van der Waals surface area contributed by atoms with Gasteiger partial charge in [0.05, 0.1) is 17.5 Å². The number of hydrogen-bond donors (Lipinski definition) is 2. The van der Waals surface area contributed by atoms with Gasteiger partial charge in [-0.25, -0.2) is 0 Å². The van der Waals surface area contributed by atoms with Gasteiger partial charge in [0.25, 0.3) is 0 Å². The molecule has 0 bridgehead atoms. The highest BCUT2D eigenvalue weighted by Gasteiger charge is 2.11. The van der Waals surface area contributed by atoms with Crippen LogP contribution in [0.2, 0.25) is 0 Å². The van der Waals surface area contributed by atoms with Crippen LogP contribution in [0.15, 0.2) is 30.3 Å². The fourth-order valence-electron chi connectivity index (χ4n) is 2.03. The Morgan fingerprint density at radius 1 is 1.25 bits per heavy atom. The van der Waals surface area contributed by atoms with Crippen molar-refractivity contribution in [3.05, 3.63) is 41.7 Å². The average molecular weight is 346 g/mol. The minimum absolute atomic E-state index is 0.0209. The molecule has 0 aliphatic rings. The summed E-state index contributed by atoms with van der Waals surface area (Å²) < 4.78 is 0. The fourth-order valence-corrected chi connectivity index (χ4v) is 2.72. The van der Waals surface area contributed by atoms with Crippen molar-refractivity contribution >= 4 is 29.6 Å². The maximum atomic E-state index is 12.0. The van der Waals surface area contributed by atoms with Gasteiger partial charge in [0.15, 0.2) is 0 Å². The Kier molecular flexibility index (Phi) is 6.36.